The second kappa shape index (κ2) is 6.02. The molecule has 98 valence electrons. The predicted molar refractivity (Wildman–Crippen MR) is 73.9 cm³/mol. The Morgan fingerprint density at radius 1 is 1.47 bits per heavy atom. The molecular weight excluding hydrogens is 262 g/mol. The first-order valence-corrected chi connectivity index (χ1v) is 6.09. The van der Waals surface area contributed by atoms with E-state index in [-0.39, 0.29) is 0 Å². The van der Waals surface area contributed by atoms with Crippen LogP contribution in [0.5, 0.6) is 5.75 Å². The lowest BCUT2D eigenvalue weighted by Crippen LogP contribution is -2.17. The Balaban J connectivity index is 2.28. The number of methoxy groups -OCH3 is 1. The summed E-state index contributed by atoms with van der Waals surface area (Å²) in [6.45, 7) is 0.507. The number of nitrogens with zero attached hydrogens (tertiary/aromatic N) is 3. The lowest BCUT2D eigenvalue weighted by Gasteiger charge is -2.08. The van der Waals surface area contributed by atoms with E-state index >= 15 is 0 Å². The van der Waals surface area contributed by atoms with E-state index in [2.05, 4.69) is 21.7 Å². The van der Waals surface area contributed by atoms with E-state index in [0.29, 0.717) is 23.6 Å². The lowest BCUT2D eigenvalue weighted by atomic mass is 10.2. The molecule has 0 saturated carbocycles. The summed E-state index contributed by atoms with van der Waals surface area (Å²) in [6, 6.07) is 9.56. The topological polar surface area (TPSA) is 78.7 Å². The minimum absolute atomic E-state index is 0.398. The van der Waals surface area contributed by atoms with Crippen LogP contribution in [0.3, 0.4) is 0 Å². The van der Waals surface area contributed by atoms with Crippen LogP contribution >= 0.6 is 12.2 Å². The smallest absolute Gasteiger partial charge is 0.214 e. The van der Waals surface area contributed by atoms with Crippen molar-refractivity contribution in [3.05, 3.63) is 29.0 Å². The first-order valence-electron chi connectivity index (χ1n) is 5.69. The van der Waals surface area contributed by atoms with Crippen molar-refractivity contribution < 1.29 is 4.74 Å². The quantitative estimate of drug-likeness (QED) is 0.645. The summed E-state index contributed by atoms with van der Waals surface area (Å²) in [4.78, 5) is 0. The molecule has 1 heterocycles. The van der Waals surface area contributed by atoms with E-state index in [1.165, 1.54) is 0 Å². The summed E-state index contributed by atoms with van der Waals surface area (Å²) < 4.78 is 7.24. The molecule has 2 aromatic rings. The van der Waals surface area contributed by atoms with Gasteiger partial charge in [-0.1, -0.05) is 0 Å². The number of hydrogen-bond acceptors (Lipinski definition) is 5. The molecule has 0 amide bonds. The SMILES string of the molecule is COc1ccc(-c2n[nH]c(=S)n2NCCC#N)cc1. The molecule has 0 aliphatic heterocycles. The van der Waals surface area contributed by atoms with Gasteiger partial charge in [-0.05, 0) is 36.5 Å². The number of rotatable bonds is 5. The van der Waals surface area contributed by atoms with Gasteiger partial charge >= 0.3 is 0 Å². The zero-order chi connectivity index (χ0) is 13.7. The third-order valence-electron chi connectivity index (χ3n) is 2.53. The first-order chi connectivity index (χ1) is 9.26. The first kappa shape index (κ1) is 13.1. The van der Waals surface area contributed by atoms with E-state index in [9.17, 15) is 0 Å². The van der Waals surface area contributed by atoms with Crippen molar-refractivity contribution in [2.45, 2.75) is 6.42 Å². The van der Waals surface area contributed by atoms with Crippen molar-refractivity contribution >= 4 is 12.2 Å². The van der Waals surface area contributed by atoms with Crippen molar-refractivity contribution in [2.75, 3.05) is 19.1 Å². The van der Waals surface area contributed by atoms with Crippen molar-refractivity contribution in [1.82, 2.24) is 14.9 Å². The number of benzene rings is 1. The fourth-order valence-electron chi connectivity index (χ4n) is 1.60. The fourth-order valence-corrected chi connectivity index (χ4v) is 1.80. The minimum atomic E-state index is 0.398. The molecule has 6 nitrogen and oxygen atoms in total. The molecule has 1 aromatic heterocycles. The summed E-state index contributed by atoms with van der Waals surface area (Å²) in [6.07, 6.45) is 0.398. The van der Waals surface area contributed by atoms with Crippen LogP contribution in [0.4, 0.5) is 0 Å². The van der Waals surface area contributed by atoms with Gasteiger partial charge in [-0.3, -0.25) is 0 Å². The van der Waals surface area contributed by atoms with Crippen LogP contribution in [0.15, 0.2) is 24.3 Å². The van der Waals surface area contributed by atoms with Gasteiger partial charge in [0.05, 0.1) is 19.6 Å². The molecule has 1 aromatic carbocycles. The normalized spacial score (nSPS) is 9.89. The molecule has 19 heavy (non-hydrogen) atoms. The largest absolute Gasteiger partial charge is 0.497 e. The van der Waals surface area contributed by atoms with Crippen LogP contribution in [0.1, 0.15) is 6.42 Å². The molecule has 0 saturated heterocycles. The van der Waals surface area contributed by atoms with Crippen molar-refractivity contribution in [2.24, 2.45) is 0 Å². The number of H-pyrrole nitrogens is 1. The van der Waals surface area contributed by atoms with E-state index in [4.69, 9.17) is 22.2 Å². The maximum absolute atomic E-state index is 8.55. The highest BCUT2D eigenvalue weighted by atomic mass is 32.1. The monoisotopic (exact) mass is 275 g/mol. The molecule has 2 rings (SSSR count). The van der Waals surface area contributed by atoms with Gasteiger partial charge in [0, 0.05) is 12.1 Å². The van der Waals surface area contributed by atoms with Crippen LogP contribution in [0.2, 0.25) is 0 Å². The molecule has 0 aliphatic carbocycles. The highest BCUT2D eigenvalue weighted by Crippen LogP contribution is 2.20. The zero-order valence-corrected chi connectivity index (χ0v) is 11.2. The maximum Gasteiger partial charge on any atom is 0.214 e. The van der Waals surface area contributed by atoms with E-state index in [0.717, 1.165) is 11.3 Å². The van der Waals surface area contributed by atoms with Crippen LogP contribution in [0.25, 0.3) is 11.4 Å². The molecule has 0 bridgehead atoms. The molecule has 0 fully saturated rings. The highest BCUT2D eigenvalue weighted by Gasteiger charge is 2.08. The molecule has 0 aliphatic rings. The Labute approximate surface area is 115 Å². The van der Waals surface area contributed by atoms with Crippen LogP contribution in [-0.4, -0.2) is 28.5 Å². The average Bonchev–Trinajstić information content (AvgIpc) is 2.81. The summed E-state index contributed by atoms with van der Waals surface area (Å²) in [7, 11) is 1.62. The Bertz CT molecular complexity index is 637. The predicted octanol–water partition coefficient (Wildman–Crippen LogP) is 2.07. The second-order valence-electron chi connectivity index (χ2n) is 3.73. The summed E-state index contributed by atoms with van der Waals surface area (Å²) in [5, 5.41) is 15.5. The molecule has 7 heteroatoms. The van der Waals surface area contributed by atoms with Crippen molar-refractivity contribution in [3.8, 4) is 23.2 Å². The standard InChI is InChI=1S/C12H13N5OS/c1-18-10-5-3-9(4-6-10)11-15-16-12(19)17(11)14-8-2-7-13/h3-6,14H,2,8H2,1H3,(H,16,19). The van der Waals surface area contributed by atoms with Crippen molar-refractivity contribution in [1.29, 1.82) is 5.26 Å². The minimum Gasteiger partial charge on any atom is -0.497 e. The third-order valence-corrected chi connectivity index (χ3v) is 2.80. The summed E-state index contributed by atoms with van der Waals surface area (Å²) in [5.41, 5.74) is 3.96. The number of ether oxygens (including phenoxy) is 1. The Morgan fingerprint density at radius 2 is 2.21 bits per heavy atom. The lowest BCUT2D eigenvalue weighted by molar-refractivity contribution is 0.415. The van der Waals surface area contributed by atoms with Crippen LogP contribution in [-0.2, 0) is 0 Å². The molecule has 0 unspecified atom stereocenters. The number of nitrogens with one attached hydrogen (secondary N) is 2. The molecule has 0 radical (unpaired) electrons. The molecule has 2 N–H and O–H groups in total. The zero-order valence-electron chi connectivity index (χ0n) is 10.4. The average molecular weight is 275 g/mol. The maximum atomic E-state index is 8.55. The number of aromatic amines is 1. The van der Waals surface area contributed by atoms with Gasteiger partial charge in [-0.15, -0.1) is 0 Å². The highest BCUT2D eigenvalue weighted by molar-refractivity contribution is 7.71. The Kier molecular flexibility index (Phi) is 4.15. The van der Waals surface area contributed by atoms with Gasteiger partial charge in [0.25, 0.3) is 0 Å². The van der Waals surface area contributed by atoms with E-state index < -0.39 is 0 Å². The Morgan fingerprint density at radius 3 is 2.84 bits per heavy atom. The van der Waals surface area contributed by atoms with Gasteiger partial charge in [0.2, 0.25) is 4.77 Å². The third kappa shape index (κ3) is 2.92. The van der Waals surface area contributed by atoms with Crippen molar-refractivity contribution in [3.63, 3.8) is 0 Å². The van der Waals surface area contributed by atoms with Gasteiger partial charge in [0.15, 0.2) is 5.82 Å². The van der Waals surface area contributed by atoms with E-state index in [1.54, 1.807) is 11.8 Å². The number of aromatic nitrogens is 3. The van der Waals surface area contributed by atoms with Crippen LogP contribution < -0.4 is 10.2 Å². The molecule has 0 atom stereocenters. The van der Waals surface area contributed by atoms with Gasteiger partial charge < -0.3 is 10.2 Å². The van der Waals surface area contributed by atoms with Gasteiger partial charge in [-0.2, -0.15) is 10.4 Å². The molecule has 0 spiro atoms. The number of hydrogen-bond donors (Lipinski definition) is 2. The summed E-state index contributed by atoms with van der Waals surface area (Å²) >= 11 is 5.15. The molecular formula is C12H13N5OS. The van der Waals surface area contributed by atoms with Crippen LogP contribution in [0, 0.1) is 16.1 Å². The summed E-state index contributed by atoms with van der Waals surface area (Å²) in [5.74, 6) is 1.45. The van der Waals surface area contributed by atoms with Gasteiger partial charge in [-0.25, -0.2) is 9.77 Å². The fraction of sp³-hybridized carbons (Fsp3) is 0.250. The Hall–Kier alpha value is -2.33. The second-order valence-corrected chi connectivity index (χ2v) is 4.12. The van der Waals surface area contributed by atoms with E-state index in [1.807, 2.05) is 24.3 Å². The number of nitriles is 1. The van der Waals surface area contributed by atoms with Gasteiger partial charge in [0.1, 0.15) is 5.75 Å².